The highest BCUT2D eigenvalue weighted by Gasteiger charge is 2.71. The number of carbonyl (C=O) groups is 2. The van der Waals surface area contributed by atoms with Crippen molar-refractivity contribution >= 4 is 11.9 Å². The van der Waals surface area contributed by atoms with Gasteiger partial charge in [0.05, 0.1) is 6.61 Å². The van der Waals surface area contributed by atoms with Crippen LogP contribution in [0, 0.1) is 56.7 Å². The SMILES string of the molecule is C=C(C)[C@@H]1CC[C@]2(COC(C)=O)CC[C@]3(C)[C@H](CCC4[C@@]5(C)CC[C@H](OC(C)=O)C(C)(C)C5CC[C@]43C)C12. The second kappa shape index (κ2) is 9.10. The van der Waals surface area contributed by atoms with Gasteiger partial charge in [-0.1, -0.05) is 46.8 Å². The lowest BCUT2D eigenvalue weighted by Crippen LogP contribution is -2.67. The maximum Gasteiger partial charge on any atom is 0.302 e. The van der Waals surface area contributed by atoms with E-state index in [1.165, 1.54) is 56.9 Å². The lowest BCUT2D eigenvalue weighted by molar-refractivity contribution is -0.252. The second-order valence-electron chi connectivity index (χ2n) is 15.8. The molecular formula is C34H54O4. The molecule has 4 nitrogen and oxygen atoms in total. The molecule has 0 saturated heterocycles. The van der Waals surface area contributed by atoms with Crippen LogP contribution in [0.15, 0.2) is 12.2 Å². The molecule has 38 heavy (non-hydrogen) atoms. The minimum absolute atomic E-state index is 0.00000109. The summed E-state index contributed by atoms with van der Waals surface area (Å²) in [6, 6.07) is 0. The van der Waals surface area contributed by atoms with Crippen LogP contribution in [0.25, 0.3) is 0 Å². The molecule has 0 N–H and O–H groups in total. The maximum atomic E-state index is 11.9. The molecule has 0 heterocycles. The summed E-state index contributed by atoms with van der Waals surface area (Å²) >= 11 is 0. The number of hydrogen-bond donors (Lipinski definition) is 0. The topological polar surface area (TPSA) is 52.6 Å². The van der Waals surface area contributed by atoms with Gasteiger partial charge in [-0.05, 0) is 117 Å². The van der Waals surface area contributed by atoms with Gasteiger partial charge in [0.1, 0.15) is 6.10 Å². The second-order valence-corrected chi connectivity index (χ2v) is 15.8. The van der Waals surface area contributed by atoms with E-state index in [1.807, 2.05) is 0 Å². The highest BCUT2D eigenvalue weighted by Crippen LogP contribution is 2.77. The van der Waals surface area contributed by atoms with E-state index in [4.69, 9.17) is 9.47 Å². The van der Waals surface area contributed by atoms with Crippen LogP contribution in [-0.4, -0.2) is 24.6 Å². The summed E-state index contributed by atoms with van der Waals surface area (Å²) in [6.45, 7) is 23.1. The van der Waals surface area contributed by atoms with Crippen LogP contribution in [0.2, 0.25) is 0 Å². The molecule has 0 spiro atoms. The van der Waals surface area contributed by atoms with Crippen molar-refractivity contribution in [2.24, 2.45) is 56.7 Å². The molecule has 5 aliphatic carbocycles. The number of carbonyl (C=O) groups excluding carboxylic acids is 2. The first-order valence-corrected chi connectivity index (χ1v) is 15.6. The molecule has 10 atom stereocenters. The molecule has 0 amide bonds. The van der Waals surface area contributed by atoms with Crippen molar-refractivity contribution in [1.82, 2.24) is 0 Å². The van der Waals surface area contributed by atoms with Crippen LogP contribution in [0.3, 0.4) is 0 Å². The third-order valence-electron chi connectivity index (χ3n) is 14.0. The Labute approximate surface area is 232 Å². The normalized spacial score (nSPS) is 49.1. The predicted octanol–water partition coefficient (Wildman–Crippen LogP) is 8.14. The molecule has 0 bridgehead atoms. The Kier molecular flexibility index (Phi) is 6.76. The standard InChI is InChI=1S/C34H54O4/c1-21(2)24-12-17-34(20-37-22(3)35)19-18-32(8)25(29(24)34)10-11-27-31(7)15-14-28(38-23(4)36)30(5,6)26(31)13-16-33(27,32)9/h24-29H,1,10-20H2,2-9H3/t24-,25+,26?,27?,28-,29?,31-,32+,33+,34+/m0/s1. The zero-order valence-corrected chi connectivity index (χ0v) is 25.6. The molecular weight excluding hydrogens is 472 g/mol. The Balaban J connectivity index is 1.49. The Morgan fingerprint density at radius 1 is 0.763 bits per heavy atom. The van der Waals surface area contributed by atoms with Crippen molar-refractivity contribution in [3.05, 3.63) is 12.2 Å². The van der Waals surface area contributed by atoms with Crippen molar-refractivity contribution in [2.75, 3.05) is 6.61 Å². The molecule has 5 saturated carbocycles. The van der Waals surface area contributed by atoms with Crippen LogP contribution < -0.4 is 0 Å². The number of allylic oxidation sites excluding steroid dienone is 1. The Bertz CT molecular complexity index is 998. The Hall–Kier alpha value is -1.32. The fourth-order valence-corrected chi connectivity index (χ4v) is 12.2. The van der Waals surface area contributed by atoms with E-state index >= 15 is 0 Å². The molecule has 0 radical (unpaired) electrons. The highest BCUT2D eigenvalue weighted by molar-refractivity contribution is 5.66. The van der Waals surface area contributed by atoms with E-state index < -0.39 is 0 Å². The van der Waals surface area contributed by atoms with Crippen molar-refractivity contribution < 1.29 is 19.1 Å². The third kappa shape index (κ3) is 3.80. The first-order valence-electron chi connectivity index (χ1n) is 15.6. The maximum absolute atomic E-state index is 11.9. The molecule has 3 unspecified atom stereocenters. The van der Waals surface area contributed by atoms with E-state index in [-0.39, 0.29) is 39.7 Å². The number of rotatable bonds is 4. The molecule has 5 rings (SSSR count). The number of ether oxygens (including phenoxy) is 2. The summed E-state index contributed by atoms with van der Waals surface area (Å²) in [7, 11) is 0. The van der Waals surface area contributed by atoms with Crippen molar-refractivity contribution in [1.29, 1.82) is 0 Å². The third-order valence-corrected chi connectivity index (χ3v) is 14.0. The minimum Gasteiger partial charge on any atom is -0.465 e. The van der Waals surface area contributed by atoms with Gasteiger partial charge in [-0.3, -0.25) is 9.59 Å². The van der Waals surface area contributed by atoms with Gasteiger partial charge >= 0.3 is 11.9 Å². The van der Waals surface area contributed by atoms with Crippen LogP contribution in [0.1, 0.15) is 120 Å². The minimum atomic E-state index is -0.140. The lowest BCUT2D eigenvalue weighted by atomic mass is 9.32. The van der Waals surface area contributed by atoms with Gasteiger partial charge in [0.2, 0.25) is 0 Å². The first-order chi connectivity index (χ1) is 17.6. The van der Waals surface area contributed by atoms with Gasteiger partial charge in [0.25, 0.3) is 0 Å². The lowest BCUT2D eigenvalue weighted by Gasteiger charge is -2.73. The Morgan fingerprint density at radius 3 is 2.11 bits per heavy atom. The smallest absolute Gasteiger partial charge is 0.302 e. The fraction of sp³-hybridized carbons (Fsp3) is 0.882. The Morgan fingerprint density at radius 2 is 1.47 bits per heavy atom. The van der Waals surface area contributed by atoms with Crippen molar-refractivity contribution in [3.63, 3.8) is 0 Å². The summed E-state index contributed by atoms with van der Waals surface area (Å²) in [5, 5.41) is 0. The van der Waals surface area contributed by atoms with Crippen molar-refractivity contribution in [2.45, 2.75) is 126 Å². The highest BCUT2D eigenvalue weighted by atomic mass is 16.5. The van der Waals surface area contributed by atoms with Gasteiger partial charge in [-0.2, -0.15) is 0 Å². The molecule has 214 valence electrons. The molecule has 4 heteroatoms. The van der Waals surface area contributed by atoms with Crippen LogP contribution in [0.5, 0.6) is 0 Å². The predicted molar refractivity (Wildman–Crippen MR) is 151 cm³/mol. The zero-order valence-electron chi connectivity index (χ0n) is 25.6. The van der Waals surface area contributed by atoms with Crippen LogP contribution in [0.4, 0.5) is 0 Å². The van der Waals surface area contributed by atoms with E-state index in [0.717, 1.165) is 12.8 Å². The number of fused-ring (bicyclic) bond motifs is 7. The van der Waals surface area contributed by atoms with E-state index in [1.54, 1.807) is 13.8 Å². The fourth-order valence-electron chi connectivity index (χ4n) is 12.2. The van der Waals surface area contributed by atoms with Gasteiger partial charge in [0.15, 0.2) is 0 Å². The summed E-state index contributed by atoms with van der Waals surface area (Å²) in [6.07, 6.45) is 12.0. The monoisotopic (exact) mass is 526 g/mol. The average Bonchev–Trinajstić information content (AvgIpc) is 3.20. The number of esters is 2. The van der Waals surface area contributed by atoms with Gasteiger partial charge < -0.3 is 9.47 Å². The molecule has 0 aromatic rings. The number of hydrogen-bond acceptors (Lipinski definition) is 4. The van der Waals surface area contributed by atoms with E-state index in [9.17, 15) is 9.59 Å². The molecule has 0 aromatic heterocycles. The van der Waals surface area contributed by atoms with E-state index in [0.29, 0.717) is 41.6 Å². The van der Waals surface area contributed by atoms with Crippen LogP contribution >= 0.6 is 0 Å². The first kappa shape index (κ1) is 28.2. The average molecular weight is 527 g/mol. The summed E-state index contributed by atoms with van der Waals surface area (Å²) in [5.74, 6) is 2.76. The molecule has 5 fully saturated rings. The summed E-state index contributed by atoms with van der Waals surface area (Å²) in [4.78, 5) is 23.8. The summed E-state index contributed by atoms with van der Waals surface area (Å²) in [5.41, 5.74) is 2.30. The zero-order chi connectivity index (χ0) is 27.9. The van der Waals surface area contributed by atoms with Crippen LogP contribution in [-0.2, 0) is 19.1 Å². The quantitative estimate of drug-likeness (QED) is 0.274. The molecule has 0 aromatic carbocycles. The summed E-state index contributed by atoms with van der Waals surface area (Å²) < 4.78 is 11.7. The molecule has 0 aliphatic heterocycles. The van der Waals surface area contributed by atoms with E-state index in [2.05, 4.69) is 48.1 Å². The van der Waals surface area contributed by atoms with Gasteiger partial charge in [-0.25, -0.2) is 0 Å². The van der Waals surface area contributed by atoms with Crippen molar-refractivity contribution in [3.8, 4) is 0 Å². The van der Waals surface area contributed by atoms with Gasteiger partial charge in [-0.15, -0.1) is 0 Å². The largest absolute Gasteiger partial charge is 0.465 e. The van der Waals surface area contributed by atoms with Gasteiger partial charge in [0, 0.05) is 24.7 Å². The molecule has 5 aliphatic rings.